The van der Waals surface area contributed by atoms with E-state index in [1.165, 1.54) is 26.2 Å². The number of fused-ring (bicyclic) bond motifs is 2. The number of benzene rings is 2. The van der Waals surface area contributed by atoms with Crippen molar-refractivity contribution in [3.05, 3.63) is 41.3 Å². The predicted molar refractivity (Wildman–Crippen MR) is 151 cm³/mol. The molecular weight excluding hydrogens is 466 g/mol. The van der Waals surface area contributed by atoms with Crippen LogP contribution in [-0.2, 0) is 5.41 Å². The largest absolute Gasteiger partial charge is 0.387 e. The summed E-state index contributed by atoms with van der Waals surface area (Å²) in [6.45, 7) is 10.5. The van der Waals surface area contributed by atoms with Gasteiger partial charge in [0.1, 0.15) is 13.1 Å². The van der Waals surface area contributed by atoms with Gasteiger partial charge < -0.3 is 16.4 Å². The molecule has 0 radical (unpaired) electrons. The van der Waals surface area contributed by atoms with Gasteiger partial charge in [-0.25, -0.2) is 9.56 Å². The summed E-state index contributed by atoms with van der Waals surface area (Å²) >= 11 is 1.82. The zero-order valence-electron chi connectivity index (χ0n) is 21.6. The number of nitrogens with two attached hydrogens (primary N) is 2. The van der Waals surface area contributed by atoms with Gasteiger partial charge in [-0.15, -0.1) is 11.3 Å². The minimum Gasteiger partial charge on any atom is -0.387 e. The smallest absolute Gasteiger partial charge is 0.201 e. The van der Waals surface area contributed by atoms with E-state index in [1.807, 2.05) is 11.3 Å². The van der Waals surface area contributed by atoms with E-state index in [-0.39, 0.29) is 17.3 Å². The first-order valence-corrected chi connectivity index (χ1v) is 13.8. The van der Waals surface area contributed by atoms with Crippen LogP contribution in [0.5, 0.6) is 0 Å². The SMILES string of the molecule is CC(C)(C)c1cc(N2CCC(C(=N)N)CC2)cc2sc3cc(=[N+]4CCC(C(=N)N)CC4)ccc-3nc12. The lowest BCUT2D eigenvalue weighted by Crippen LogP contribution is -2.40. The third-order valence-electron chi connectivity index (χ3n) is 7.86. The van der Waals surface area contributed by atoms with Crippen molar-refractivity contribution in [2.75, 3.05) is 31.1 Å². The fourth-order valence-electron chi connectivity index (χ4n) is 5.55. The van der Waals surface area contributed by atoms with Crippen molar-refractivity contribution in [3.63, 3.8) is 0 Å². The van der Waals surface area contributed by atoms with Crippen molar-refractivity contribution in [3.8, 4) is 10.6 Å². The van der Waals surface area contributed by atoms with Crippen molar-refractivity contribution < 1.29 is 0 Å². The fraction of sp³-hybridized carbons (Fsp3) is 0.500. The van der Waals surface area contributed by atoms with Crippen LogP contribution in [0.1, 0.15) is 52.0 Å². The highest BCUT2D eigenvalue weighted by molar-refractivity contribution is 7.21. The van der Waals surface area contributed by atoms with Crippen molar-refractivity contribution >= 4 is 38.9 Å². The van der Waals surface area contributed by atoms with Gasteiger partial charge in [-0.05, 0) is 42.0 Å². The van der Waals surface area contributed by atoms with Gasteiger partial charge in [0.15, 0.2) is 0 Å². The van der Waals surface area contributed by atoms with Gasteiger partial charge in [0.25, 0.3) is 0 Å². The molecule has 5 rings (SSSR count). The van der Waals surface area contributed by atoms with Crippen LogP contribution in [0.2, 0.25) is 0 Å². The Bertz CT molecular complexity index is 1350. The van der Waals surface area contributed by atoms with Gasteiger partial charge in [0.2, 0.25) is 5.36 Å². The summed E-state index contributed by atoms with van der Waals surface area (Å²) in [5.74, 6) is 1.06. The van der Waals surface area contributed by atoms with Crippen LogP contribution in [0, 0.1) is 22.7 Å². The molecule has 36 heavy (non-hydrogen) atoms. The van der Waals surface area contributed by atoms with Gasteiger partial charge in [-0.1, -0.05) is 20.8 Å². The van der Waals surface area contributed by atoms with Crippen molar-refractivity contribution in [2.45, 2.75) is 51.9 Å². The number of nitrogens with zero attached hydrogens (tertiary/aromatic N) is 3. The highest BCUT2D eigenvalue weighted by Crippen LogP contribution is 2.39. The van der Waals surface area contributed by atoms with E-state index < -0.39 is 0 Å². The molecule has 8 heteroatoms. The molecule has 0 amide bonds. The summed E-state index contributed by atoms with van der Waals surface area (Å²) < 4.78 is 3.62. The lowest BCUT2D eigenvalue weighted by atomic mass is 9.85. The minimum absolute atomic E-state index is 0.0274. The van der Waals surface area contributed by atoms with E-state index >= 15 is 0 Å². The van der Waals surface area contributed by atoms with E-state index in [0.717, 1.165) is 63.1 Å². The Kier molecular flexibility index (Phi) is 6.49. The lowest BCUT2D eigenvalue weighted by Gasteiger charge is -2.34. The molecule has 1 aromatic rings. The zero-order valence-corrected chi connectivity index (χ0v) is 22.4. The Morgan fingerprint density at radius 1 is 0.972 bits per heavy atom. The summed E-state index contributed by atoms with van der Waals surface area (Å²) in [5, 5.41) is 16.8. The van der Waals surface area contributed by atoms with Crippen LogP contribution in [-0.4, -0.2) is 42.8 Å². The molecular formula is C28H38N7S+. The average molecular weight is 505 g/mol. The molecule has 0 atom stereocenters. The molecule has 190 valence electrons. The second-order valence-corrected chi connectivity index (χ2v) is 12.5. The Hall–Kier alpha value is -3.00. The normalized spacial score (nSPS) is 19.7. The Morgan fingerprint density at radius 2 is 1.61 bits per heavy atom. The molecule has 3 aliphatic heterocycles. The molecule has 1 aliphatic carbocycles. The maximum absolute atomic E-state index is 7.81. The molecule has 7 nitrogen and oxygen atoms in total. The quantitative estimate of drug-likeness (QED) is 0.187. The maximum Gasteiger partial charge on any atom is 0.201 e. The second-order valence-electron chi connectivity index (χ2n) is 11.4. The number of rotatable bonds is 3. The van der Waals surface area contributed by atoms with Crippen LogP contribution in [0.15, 0.2) is 30.3 Å². The first kappa shape index (κ1) is 24.7. The van der Waals surface area contributed by atoms with Crippen LogP contribution < -0.4 is 26.3 Å². The molecule has 0 bridgehead atoms. The third kappa shape index (κ3) is 4.83. The number of hydrogen-bond acceptors (Lipinski definition) is 5. The Morgan fingerprint density at radius 3 is 2.22 bits per heavy atom. The second kappa shape index (κ2) is 9.47. The van der Waals surface area contributed by atoms with E-state index in [9.17, 15) is 0 Å². The van der Waals surface area contributed by atoms with E-state index in [2.05, 4.69) is 60.6 Å². The maximum atomic E-state index is 7.81. The molecule has 0 aromatic heterocycles. The van der Waals surface area contributed by atoms with Gasteiger partial charge in [-0.2, -0.15) is 0 Å². The Balaban J connectivity index is 1.56. The highest BCUT2D eigenvalue weighted by Gasteiger charge is 2.27. The van der Waals surface area contributed by atoms with Crippen molar-refractivity contribution in [2.24, 2.45) is 23.3 Å². The number of nitrogens with one attached hydrogen (secondary N) is 2. The van der Waals surface area contributed by atoms with Gasteiger partial charge in [-0.3, -0.25) is 10.8 Å². The molecule has 1 aromatic carbocycles. The van der Waals surface area contributed by atoms with Crippen LogP contribution in [0.25, 0.3) is 20.8 Å². The van der Waals surface area contributed by atoms with Crippen LogP contribution in [0.3, 0.4) is 0 Å². The fourth-order valence-corrected chi connectivity index (χ4v) is 6.62. The predicted octanol–water partition coefficient (Wildman–Crippen LogP) is 3.97. The Labute approximate surface area is 217 Å². The molecule has 6 N–H and O–H groups in total. The van der Waals surface area contributed by atoms with Gasteiger partial charge in [0, 0.05) is 55.6 Å². The summed E-state index contributed by atoms with van der Waals surface area (Å²) in [7, 11) is 0. The van der Waals surface area contributed by atoms with E-state index in [1.54, 1.807) is 0 Å². The number of amidine groups is 2. The molecule has 2 saturated heterocycles. The molecule has 0 saturated carbocycles. The van der Waals surface area contributed by atoms with Crippen molar-refractivity contribution in [1.29, 1.82) is 10.8 Å². The zero-order chi connectivity index (χ0) is 25.6. The minimum atomic E-state index is -0.0274. The lowest BCUT2D eigenvalue weighted by molar-refractivity contribution is 0.400. The summed E-state index contributed by atoms with van der Waals surface area (Å²) in [6.07, 6.45) is 3.74. The molecule has 3 heterocycles. The molecule has 0 unspecified atom stereocenters. The first-order chi connectivity index (χ1) is 17.1. The summed E-state index contributed by atoms with van der Waals surface area (Å²) in [5.41, 5.74) is 16.2. The molecule has 4 aliphatic rings. The monoisotopic (exact) mass is 504 g/mol. The number of anilines is 1. The first-order valence-electron chi connectivity index (χ1n) is 13.0. The molecule has 0 spiro atoms. The number of piperidine rings is 2. The number of hydrogen-bond donors (Lipinski definition) is 4. The van der Waals surface area contributed by atoms with Gasteiger partial charge >= 0.3 is 0 Å². The van der Waals surface area contributed by atoms with Crippen molar-refractivity contribution in [1.82, 2.24) is 9.56 Å². The standard InChI is InChI=1S/C28H38N7S/c1-28(2,3)21-14-20(35-12-8-18(9-13-35)27(31)32)16-24-25(21)33-22-5-4-19(15-23(22)36-24)34-10-6-17(7-11-34)26(29)30/h4-5,14-18H,6-13H2,1-3H3,(H3,29,30)(H3,31,32)/q+1. The summed E-state index contributed by atoms with van der Waals surface area (Å²) in [4.78, 5) is 8.81. The van der Waals surface area contributed by atoms with Crippen LogP contribution >= 0.6 is 11.3 Å². The van der Waals surface area contributed by atoms with E-state index in [0.29, 0.717) is 11.7 Å². The van der Waals surface area contributed by atoms with E-state index in [4.69, 9.17) is 27.3 Å². The van der Waals surface area contributed by atoms with Gasteiger partial charge in [0.05, 0.1) is 32.5 Å². The summed E-state index contributed by atoms with van der Waals surface area (Å²) in [6, 6.07) is 11.3. The number of aromatic nitrogens is 1. The van der Waals surface area contributed by atoms with Crippen LogP contribution in [0.4, 0.5) is 5.69 Å². The third-order valence-corrected chi connectivity index (χ3v) is 8.94. The average Bonchev–Trinajstić information content (AvgIpc) is 2.86. The topological polar surface area (TPSA) is 119 Å². The molecule has 2 fully saturated rings. The highest BCUT2D eigenvalue weighted by atomic mass is 32.1.